The fourth-order valence-corrected chi connectivity index (χ4v) is 5.57. The Labute approximate surface area is 100 Å². The minimum Gasteiger partial charge on any atom is -0.353 e. The number of methoxy groups -OCH3 is 2. The molecule has 0 spiro atoms. The van der Waals surface area contributed by atoms with Crippen molar-refractivity contribution in [1.82, 2.24) is 0 Å². The Hall–Kier alpha value is -0.123. The van der Waals surface area contributed by atoms with Gasteiger partial charge in [-0.05, 0) is 18.8 Å². The van der Waals surface area contributed by atoms with Gasteiger partial charge in [0.1, 0.15) is 0 Å². The molecule has 0 amide bonds. The molecule has 0 aromatic rings. The van der Waals surface area contributed by atoms with Gasteiger partial charge in [-0.15, -0.1) is 0 Å². The summed E-state index contributed by atoms with van der Waals surface area (Å²) < 4.78 is 11.5. The molecule has 0 aliphatic heterocycles. The van der Waals surface area contributed by atoms with E-state index in [2.05, 4.69) is 25.7 Å². The lowest BCUT2D eigenvalue weighted by Gasteiger charge is -2.51. The van der Waals surface area contributed by atoms with Crippen molar-refractivity contribution in [2.75, 3.05) is 14.2 Å². The molecule has 1 saturated carbocycles. The zero-order valence-corrected chi connectivity index (χ0v) is 12.2. The number of allylic oxidation sites excluding steroid dienone is 1. The Bertz CT molecular complexity index is 300. The quantitative estimate of drug-likeness (QED) is 0.557. The van der Waals surface area contributed by atoms with Gasteiger partial charge in [-0.2, -0.15) is 0 Å². The van der Waals surface area contributed by atoms with Crippen LogP contribution in [0.4, 0.5) is 0 Å². The van der Waals surface area contributed by atoms with E-state index >= 15 is 0 Å². The molecule has 0 unspecified atom stereocenters. The lowest BCUT2D eigenvalue weighted by molar-refractivity contribution is -0.254. The highest BCUT2D eigenvalue weighted by Crippen LogP contribution is 2.51. The third-order valence-corrected chi connectivity index (χ3v) is 6.50. The van der Waals surface area contributed by atoms with Crippen LogP contribution < -0.4 is 0 Å². The maximum absolute atomic E-state index is 5.75. The Morgan fingerprint density at radius 2 is 1.81 bits per heavy atom. The van der Waals surface area contributed by atoms with Gasteiger partial charge >= 0.3 is 0 Å². The van der Waals surface area contributed by atoms with Crippen LogP contribution in [0.5, 0.6) is 0 Å². The minimum atomic E-state index is -1.23. The molecule has 1 fully saturated rings. The summed E-state index contributed by atoms with van der Waals surface area (Å²) in [6.07, 6.45) is 6.13. The standard InChI is InChI=1S/C13H24O2Si/c1-14-13(15-2)9-10-6-7-11(13)12(8-10)16(3,4)5/h8,10-11H,6-7,9H2,1-5H3/t10-,11+/m1/s1. The first kappa shape index (κ1) is 12.3. The summed E-state index contributed by atoms with van der Waals surface area (Å²) in [4.78, 5) is 0. The third-order valence-electron chi connectivity index (χ3n) is 4.25. The Kier molecular flexibility index (Phi) is 3.06. The van der Waals surface area contributed by atoms with Crippen molar-refractivity contribution >= 4 is 8.07 Å². The fraction of sp³-hybridized carbons (Fsp3) is 0.846. The van der Waals surface area contributed by atoms with Crippen molar-refractivity contribution in [2.24, 2.45) is 11.8 Å². The summed E-state index contributed by atoms with van der Waals surface area (Å²) in [5.74, 6) is 0.846. The summed E-state index contributed by atoms with van der Waals surface area (Å²) in [5, 5.41) is 1.67. The highest BCUT2D eigenvalue weighted by atomic mass is 28.3. The first-order chi connectivity index (χ1) is 7.43. The Balaban J connectivity index is 2.37. The van der Waals surface area contributed by atoms with Crippen molar-refractivity contribution in [2.45, 2.75) is 44.7 Å². The van der Waals surface area contributed by atoms with E-state index in [4.69, 9.17) is 9.47 Å². The molecule has 3 heteroatoms. The van der Waals surface area contributed by atoms with Gasteiger partial charge in [0.05, 0.1) is 8.07 Å². The largest absolute Gasteiger partial charge is 0.353 e. The van der Waals surface area contributed by atoms with E-state index in [1.807, 2.05) is 0 Å². The van der Waals surface area contributed by atoms with Gasteiger partial charge in [0.2, 0.25) is 0 Å². The number of hydrogen-bond donors (Lipinski definition) is 0. The van der Waals surface area contributed by atoms with Crippen molar-refractivity contribution < 1.29 is 9.47 Å². The predicted molar refractivity (Wildman–Crippen MR) is 69.0 cm³/mol. The second-order valence-corrected chi connectivity index (χ2v) is 11.3. The minimum absolute atomic E-state index is 0.326. The number of rotatable bonds is 3. The second-order valence-electron chi connectivity index (χ2n) is 6.19. The Morgan fingerprint density at radius 1 is 1.19 bits per heavy atom. The molecule has 0 aromatic carbocycles. The van der Waals surface area contributed by atoms with Gasteiger partial charge in [-0.25, -0.2) is 0 Å². The summed E-state index contributed by atoms with van der Waals surface area (Å²) >= 11 is 0. The zero-order chi connectivity index (χ0) is 12.0. The SMILES string of the molecule is COC1(OC)C[C@H]2C=C([Si](C)(C)C)[C@@H]1CC2. The van der Waals surface area contributed by atoms with Crippen LogP contribution >= 0.6 is 0 Å². The first-order valence-corrected chi connectivity index (χ1v) is 9.75. The van der Waals surface area contributed by atoms with E-state index in [0.717, 1.165) is 6.42 Å². The molecular formula is C13H24O2Si. The summed E-state index contributed by atoms with van der Waals surface area (Å²) in [5.41, 5.74) is 0. The number of fused-ring (bicyclic) bond motifs is 2. The van der Waals surface area contributed by atoms with Gasteiger partial charge < -0.3 is 9.47 Å². The molecule has 2 nitrogen and oxygen atoms in total. The molecule has 16 heavy (non-hydrogen) atoms. The number of hydrogen-bond acceptors (Lipinski definition) is 2. The van der Waals surface area contributed by atoms with Crippen LogP contribution in [-0.2, 0) is 9.47 Å². The fourth-order valence-electron chi connectivity index (χ4n) is 3.42. The summed E-state index contributed by atoms with van der Waals surface area (Å²) in [6, 6.07) is 0. The molecule has 2 atom stereocenters. The van der Waals surface area contributed by atoms with E-state index in [0.29, 0.717) is 11.8 Å². The predicted octanol–water partition coefficient (Wildman–Crippen LogP) is 3.21. The highest BCUT2D eigenvalue weighted by Gasteiger charge is 2.51. The molecule has 2 bridgehead atoms. The first-order valence-electron chi connectivity index (χ1n) is 6.25. The van der Waals surface area contributed by atoms with Crippen LogP contribution in [0.2, 0.25) is 19.6 Å². The van der Waals surface area contributed by atoms with Crippen molar-refractivity contribution in [3.8, 4) is 0 Å². The Morgan fingerprint density at radius 3 is 2.25 bits per heavy atom. The lowest BCUT2D eigenvalue weighted by Crippen LogP contribution is -2.53. The molecule has 0 aromatic heterocycles. The monoisotopic (exact) mass is 240 g/mol. The van der Waals surface area contributed by atoms with Crippen molar-refractivity contribution in [3.63, 3.8) is 0 Å². The lowest BCUT2D eigenvalue weighted by atomic mass is 9.71. The van der Waals surface area contributed by atoms with Gasteiger partial charge in [-0.3, -0.25) is 0 Å². The maximum Gasteiger partial charge on any atom is 0.174 e. The molecule has 92 valence electrons. The average molecular weight is 240 g/mol. The zero-order valence-electron chi connectivity index (χ0n) is 11.2. The topological polar surface area (TPSA) is 18.5 Å². The van der Waals surface area contributed by atoms with E-state index in [-0.39, 0.29) is 5.79 Å². The molecule has 0 radical (unpaired) electrons. The third kappa shape index (κ3) is 1.79. The molecular weight excluding hydrogens is 216 g/mol. The van der Waals surface area contributed by atoms with Gasteiger partial charge in [0, 0.05) is 26.6 Å². The maximum atomic E-state index is 5.75. The molecule has 3 aliphatic rings. The van der Waals surface area contributed by atoms with Crippen LogP contribution in [0.25, 0.3) is 0 Å². The molecule has 0 heterocycles. The molecule has 0 N–H and O–H groups in total. The van der Waals surface area contributed by atoms with Gasteiger partial charge in [0.15, 0.2) is 5.79 Å². The second kappa shape index (κ2) is 3.97. The van der Waals surface area contributed by atoms with E-state index < -0.39 is 8.07 Å². The van der Waals surface area contributed by atoms with E-state index in [9.17, 15) is 0 Å². The average Bonchev–Trinajstić information content (AvgIpc) is 2.28. The van der Waals surface area contributed by atoms with Crippen molar-refractivity contribution in [3.05, 3.63) is 11.3 Å². The van der Waals surface area contributed by atoms with Crippen molar-refractivity contribution in [1.29, 1.82) is 0 Å². The van der Waals surface area contributed by atoms with E-state index in [1.54, 1.807) is 19.4 Å². The smallest absolute Gasteiger partial charge is 0.174 e. The van der Waals surface area contributed by atoms with Crippen LogP contribution in [-0.4, -0.2) is 28.1 Å². The van der Waals surface area contributed by atoms with Gasteiger partial charge in [-0.1, -0.05) is 30.9 Å². The van der Waals surface area contributed by atoms with E-state index in [1.165, 1.54) is 12.8 Å². The summed E-state index contributed by atoms with van der Waals surface area (Å²) in [7, 11) is 2.37. The molecule has 0 saturated heterocycles. The van der Waals surface area contributed by atoms with Crippen LogP contribution in [0, 0.1) is 11.8 Å². The number of ether oxygens (including phenoxy) is 2. The highest BCUT2D eigenvalue weighted by molar-refractivity contribution is 6.83. The molecule has 3 rings (SSSR count). The van der Waals surface area contributed by atoms with Crippen LogP contribution in [0.3, 0.4) is 0 Å². The van der Waals surface area contributed by atoms with Crippen LogP contribution in [0.15, 0.2) is 11.3 Å². The normalized spacial score (nSPS) is 32.7. The van der Waals surface area contributed by atoms with Gasteiger partial charge in [0.25, 0.3) is 0 Å². The molecule has 3 aliphatic carbocycles. The van der Waals surface area contributed by atoms with Crippen LogP contribution in [0.1, 0.15) is 19.3 Å². The summed E-state index contributed by atoms with van der Waals surface area (Å²) in [6.45, 7) is 7.28.